The van der Waals surface area contributed by atoms with Gasteiger partial charge in [-0.3, -0.25) is 10.1 Å². The van der Waals surface area contributed by atoms with Crippen LogP contribution in [0, 0.1) is 10.1 Å². The Morgan fingerprint density at radius 1 is 1.59 bits per heavy atom. The van der Waals surface area contributed by atoms with Crippen LogP contribution in [0.3, 0.4) is 0 Å². The molecule has 0 aliphatic rings. The highest BCUT2D eigenvalue weighted by Gasteiger charge is 2.33. The first kappa shape index (κ1) is 13.4. The van der Waals surface area contributed by atoms with E-state index in [2.05, 4.69) is 20.9 Å². The molecule has 1 aromatic rings. The number of pyridine rings is 1. The lowest BCUT2D eigenvalue weighted by molar-refractivity contribution is -0.386. The monoisotopic (exact) mass is 304 g/mol. The summed E-state index contributed by atoms with van der Waals surface area (Å²) in [5.74, 6) is -1.58. The lowest BCUT2D eigenvalue weighted by Crippen LogP contribution is -2.38. The molecule has 0 saturated carbocycles. The second kappa shape index (κ2) is 4.66. The number of carboxylic acids is 1. The molecular weight excluding hydrogens is 296 g/mol. The van der Waals surface area contributed by atoms with Crippen LogP contribution in [0.15, 0.2) is 16.7 Å². The predicted octanol–water partition coefficient (Wildman–Crippen LogP) is 1.99. The van der Waals surface area contributed by atoms with Gasteiger partial charge in [0.25, 0.3) is 5.88 Å². The molecule has 0 aromatic carbocycles. The number of halogens is 1. The van der Waals surface area contributed by atoms with Crippen molar-refractivity contribution in [2.45, 2.75) is 19.4 Å². The average Bonchev–Trinajstić information content (AvgIpc) is 2.15. The van der Waals surface area contributed by atoms with Crippen LogP contribution in [0.1, 0.15) is 13.8 Å². The zero-order valence-electron chi connectivity index (χ0n) is 9.01. The zero-order chi connectivity index (χ0) is 13.2. The van der Waals surface area contributed by atoms with Crippen LogP contribution in [0.25, 0.3) is 0 Å². The number of carboxylic acid groups (broad SMARTS) is 1. The summed E-state index contributed by atoms with van der Waals surface area (Å²) in [7, 11) is 0. The molecule has 8 heteroatoms. The highest BCUT2D eigenvalue weighted by Crippen LogP contribution is 2.29. The molecule has 0 aliphatic heterocycles. The summed E-state index contributed by atoms with van der Waals surface area (Å²) in [6, 6.07) is 2.56. The number of nitro groups is 1. The van der Waals surface area contributed by atoms with Gasteiger partial charge in [0.15, 0.2) is 0 Å². The lowest BCUT2D eigenvalue weighted by atomic mass is 10.1. The van der Waals surface area contributed by atoms with Crippen molar-refractivity contribution in [3.8, 4) is 5.88 Å². The first-order chi connectivity index (χ1) is 7.74. The van der Waals surface area contributed by atoms with E-state index in [0.29, 0.717) is 4.60 Å². The fraction of sp³-hybridized carbons (Fsp3) is 0.333. The maximum absolute atomic E-state index is 10.9. The molecule has 0 atom stereocenters. The fourth-order valence-electron chi connectivity index (χ4n) is 0.910. The summed E-state index contributed by atoms with van der Waals surface area (Å²) in [6.45, 7) is 2.56. The normalized spacial score (nSPS) is 11.0. The number of aromatic nitrogens is 1. The molecule has 0 bridgehead atoms. The van der Waals surface area contributed by atoms with Crippen molar-refractivity contribution < 1.29 is 19.6 Å². The summed E-state index contributed by atoms with van der Waals surface area (Å²) in [4.78, 5) is 24.6. The molecule has 7 nitrogen and oxygen atoms in total. The van der Waals surface area contributed by atoms with E-state index >= 15 is 0 Å². The van der Waals surface area contributed by atoms with E-state index in [1.165, 1.54) is 26.0 Å². The molecule has 17 heavy (non-hydrogen) atoms. The number of hydrogen-bond donors (Lipinski definition) is 1. The van der Waals surface area contributed by atoms with Gasteiger partial charge in [0.2, 0.25) is 5.60 Å². The van der Waals surface area contributed by atoms with E-state index in [1.54, 1.807) is 0 Å². The highest BCUT2D eigenvalue weighted by molar-refractivity contribution is 9.10. The molecule has 0 saturated heterocycles. The first-order valence-corrected chi connectivity index (χ1v) is 5.26. The number of nitrogens with zero attached hydrogens (tertiary/aromatic N) is 2. The molecule has 92 valence electrons. The van der Waals surface area contributed by atoms with Crippen molar-refractivity contribution in [2.24, 2.45) is 0 Å². The van der Waals surface area contributed by atoms with Gasteiger partial charge in [-0.1, -0.05) is 0 Å². The van der Waals surface area contributed by atoms with E-state index in [1.807, 2.05) is 0 Å². The van der Waals surface area contributed by atoms with Crippen LogP contribution in [0.2, 0.25) is 0 Å². The number of carbonyl (C=O) groups is 1. The van der Waals surface area contributed by atoms with Crippen LogP contribution < -0.4 is 4.74 Å². The molecule has 1 rings (SSSR count). The molecule has 0 unspecified atom stereocenters. The largest absolute Gasteiger partial charge is 0.478 e. The van der Waals surface area contributed by atoms with Gasteiger partial charge in [-0.2, -0.15) is 0 Å². The first-order valence-electron chi connectivity index (χ1n) is 4.47. The quantitative estimate of drug-likeness (QED) is 0.518. The molecule has 0 fully saturated rings. The second-order valence-electron chi connectivity index (χ2n) is 3.63. The Balaban J connectivity index is 3.17. The Morgan fingerprint density at radius 2 is 2.18 bits per heavy atom. The maximum Gasteiger partial charge on any atom is 0.347 e. The number of rotatable bonds is 4. The van der Waals surface area contributed by atoms with Crippen molar-refractivity contribution in [1.29, 1.82) is 0 Å². The van der Waals surface area contributed by atoms with E-state index in [9.17, 15) is 14.9 Å². The third kappa shape index (κ3) is 3.13. The maximum atomic E-state index is 10.9. The number of ether oxygens (including phenoxy) is 1. The summed E-state index contributed by atoms with van der Waals surface area (Å²) < 4.78 is 5.37. The standard InChI is InChI=1S/C9H9BrN2O5/c1-9(2,8(13)14)17-7-5(12(15)16)3-4-6(10)11-7/h3-4H,1-2H3,(H,13,14). The molecule has 1 heterocycles. The Morgan fingerprint density at radius 3 is 2.65 bits per heavy atom. The molecule has 0 spiro atoms. The van der Waals surface area contributed by atoms with Crippen molar-refractivity contribution >= 4 is 27.6 Å². The minimum atomic E-state index is -1.60. The van der Waals surface area contributed by atoms with E-state index < -0.39 is 16.5 Å². The molecular formula is C9H9BrN2O5. The van der Waals surface area contributed by atoms with Gasteiger partial charge in [0.05, 0.1) is 4.92 Å². The minimum absolute atomic E-state index is 0.319. The van der Waals surface area contributed by atoms with Crippen LogP contribution in [0.5, 0.6) is 5.88 Å². The van der Waals surface area contributed by atoms with Crippen molar-refractivity contribution in [2.75, 3.05) is 0 Å². The van der Waals surface area contributed by atoms with Crippen LogP contribution in [0.4, 0.5) is 5.69 Å². The summed E-state index contributed by atoms with van der Waals surface area (Å²) in [6.07, 6.45) is 0. The smallest absolute Gasteiger partial charge is 0.347 e. The van der Waals surface area contributed by atoms with Gasteiger partial charge in [0.1, 0.15) is 4.60 Å². The third-order valence-corrected chi connectivity index (χ3v) is 2.31. The van der Waals surface area contributed by atoms with Crippen LogP contribution >= 0.6 is 15.9 Å². The summed E-state index contributed by atoms with van der Waals surface area (Å²) in [5, 5.41) is 19.6. The molecule has 0 radical (unpaired) electrons. The van der Waals surface area contributed by atoms with Crippen molar-refractivity contribution in [3.05, 3.63) is 26.9 Å². The van der Waals surface area contributed by atoms with Gasteiger partial charge >= 0.3 is 11.7 Å². The zero-order valence-corrected chi connectivity index (χ0v) is 10.6. The van der Waals surface area contributed by atoms with Crippen molar-refractivity contribution in [1.82, 2.24) is 4.98 Å². The second-order valence-corrected chi connectivity index (χ2v) is 4.45. The number of hydrogen-bond acceptors (Lipinski definition) is 5. The summed E-state index contributed by atoms with van der Waals surface area (Å²) >= 11 is 3.03. The summed E-state index contributed by atoms with van der Waals surface area (Å²) in [5.41, 5.74) is -1.99. The van der Waals surface area contributed by atoms with Gasteiger partial charge in [-0.05, 0) is 35.8 Å². The Hall–Kier alpha value is -1.70. The van der Waals surface area contributed by atoms with E-state index in [4.69, 9.17) is 9.84 Å². The molecule has 1 N–H and O–H groups in total. The van der Waals surface area contributed by atoms with Gasteiger partial charge in [0, 0.05) is 6.07 Å². The SMILES string of the molecule is CC(C)(Oc1nc(Br)ccc1[N+](=O)[O-])C(=O)O. The van der Waals surface area contributed by atoms with Gasteiger partial charge in [-0.25, -0.2) is 9.78 Å². The Kier molecular flexibility index (Phi) is 3.66. The van der Waals surface area contributed by atoms with Crippen LogP contribution in [-0.2, 0) is 4.79 Å². The topological polar surface area (TPSA) is 103 Å². The van der Waals surface area contributed by atoms with E-state index in [-0.39, 0.29) is 11.6 Å². The minimum Gasteiger partial charge on any atom is -0.478 e. The Labute approximate surface area is 105 Å². The van der Waals surface area contributed by atoms with Gasteiger partial charge in [-0.15, -0.1) is 0 Å². The average molecular weight is 305 g/mol. The highest BCUT2D eigenvalue weighted by atomic mass is 79.9. The fourth-order valence-corrected chi connectivity index (χ4v) is 1.20. The number of aliphatic carboxylic acids is 1. The molecule has 0 amide bonds. The van der Waals surface area contributed by atoms with Gasteiger partial charge < -0.3 is 9.84 Å². The van der Waals surface area contributed by atoms with Crippen molar-refractivity contribution in [3.63, 3.8) is 0 Å². The molecule has 0 aliphatic carbocycles. The van der Waals surface area contributed by atoms with E-state index in [0.717, 1.165) is 0 Å². The predicted molar refractivity (Wildman–Crippen MR) is 60.9 cm³/mol. The lowest BCUT2D eigenvalue weighted by Gasteiger charge is -2.20. The molecule has 1 aromatic heterocycles. The third-order valence-electron chi connectivity index (χ3n) is 1.87. The van der Waals surface area contributed by atoms with Crippen LogP contribution in [-0.4, -0.2) is 26.6 Å². The Bertz CT molecular complexity index is 474.